The van der Waals surface area contributed by atoms with Crippen molar-refractivity contribution < 1.29 is 14.3 Å². The van der Waals surface area contributed by atoms with E-state index < -0.39 is 0 Å². The minimum Gasteiger partial charge on any atom is -0.447 e. The molecule has 152 valence electrons. The quantitative estimate of drug-likeness (QED) is 0.553. The average molecular weight is 419 g/mol. The van der Waals surface area contributed by atoms with Crippen molar-refractivity contribution in [2.75, 3.05) is 18.1 Å². The predicted molar refractivity (Wildman–Crippen MR) is 116 cm³/mol. The smallest absolute Gasteiger partial charge is 0.410 e. The Kier molecular flexibility index (Phi) is 5.01. The normalized spacial score (nSPS) is 23.4. The largest absolute Gasteiger partial charge is 0.447 e. The molecule has 0 unspecified atom stereocenters. The van der Waals surface area contributed by atoms with Gasteiger partial charge in [0.2, 0.25) is 5.91 Å². The first-order chi connectivity index (χ1) is 14.7. The van der Waals surface area contributed by atoms with Crippen LogP contribution in [0.3, 0.4) is 0 Å². The van der Waals surface area contributed by atoms with E-state index in [-0.39, 0.29) is 30.0 Å². The van der Waals surface area contributed by atoms with Gasteiger partial charge in [0.1, 0.15) is 6.61 Å². The summed E-state index contributed by atoms with van der Waals surface area (Å²) in [6, 6.07) is 23.8. The molecule has 3 atom stereocenters. The third-order valence-electron chi connectivity index (χ3n) is 5.87. The third-order valence-corrected chi connectivity index (χ3v) is 6.81. The molecule has 5 nitrogen and oxygen atoms in total. The number of ether oxygens (including phenoxy) is 1. The van der Waals surface area contributed by atoms with Crippen LogP contribution in [-0.2, 0) is 16.0 Å². The summed E-state index contributed by atoms with van der Waals surface area (Å²) in [6.45, 7) is 0.738. The van der Waals surface area contributed by atoms with Crippen LogP contribution >= 0.6 is 11.3 Å². The van der Waals surface area contributed by atoms with Gasteiger partial charge in [0, 0.05) is 17.1 Å². The van der Waals surface area contributed by atoms with Crippen molar-refractivity contribution >= 4 is 29.0 Å². The molecule has 1 aromatic heterocycles. The van der Waals surface area contributed by atoms with Crippen LogP contribution in [0.25, 0.3) is 0 Å². The number of rotatable bonds is 6. The van der Waals surface area contributed by atoms with Crippen molar-refractivity contribution in [2.24, 2.45) is 5.92 Å². The van der Waals surface area contributed by atoms with Gasteiger partial charge in [-0.2, -0.15) is 0 Å². The lowest BCUT2D eigenvalue weighted by molar-refractivity contribution is -0.131. The molecule has 2 aliphatic heterocycles. The van der Waals surface area contributed by atoms with E-state index in [1.807, 2.05) is 64.9 Å². The van der Waals surface area contributed by atoms with Crippen LogP contribution in [0, 0.1) is 5.92 Å². The second kappa shape index (κ2) is 7.95. The molecule has 3 aromatic rings. The molecule has 2 aliphatic rings. The first kappa shape index (κ1) is 18.9. The summed E-state index contributed by atoms with van der Waals surface area (Å²) in [5.74, 6) is -0.217. The maximum absolute atomic E-state index is 13.2. The van der Waals surface area contributed by atoms with Crippen molar-refractivity contribution in [1.29, 1.82) is 0 Å². The summed E-state index contributed by atoms with van der Waals surface area (Å²) in [6.07, 6.45) is 0.395. The number of thiophene rings is 1. The van der Waals surface area contributed by atoms with Gasteiger partial charge in [-0.25, -0.2) is 4.79 Å². The van der Waals surface area contributed by atoms with Gasteiger partial charge in [-0.1, -0.05) is 54.6 Å². The van der Waals surface area contributed by atoms with Gasteiger partial charge < -0.3 is 14.5 Å². The number of hydrogen-bond donors (Lipinski definition) is 0. The molecule has 0 aliphatic carbocycles. The minimum atomic E-state index is -0.327. The standard InChI is InChI=1S/C24H22N2O3S/c27-23-20(15-25-19(16-29-24(25)28)14-17-8-3-1-4-9-17)22(21-12-7-13-30-21)26(23)18-10-5-2-6-11-18/h1-13,19-20,22H,14-16H2/t19-,20-,22-/m0/s1. The highest BCUT2D eigenvalue weighted by Gasteiger charge is 2.51. The van der Waals surface area contributed by atoms with Crippen molar-refractivity contribution in [2.45, 2.75) is 18.5 Å². The van der Waals surface area contributed by atoms with Gasteiger partial charge >= 0.3 is 6.09 Å². The molecule has 2 aromatic carbocycles. The Labute approximate surface area is 179 Å². The topological polar surface area (TPSA) is 49.9 Å². The maximum atomic E-state index is 13.2. The number of anilines is 1. The SMILES string of the molecule is O=C1OC[C@H](Cc2ccccc2)N1C[C@@H]1C(=O)N(c2ccccc2)[C@@H]1c1cccs1. The molecular weight excluding hydrogens is 396 g/mol. The number of cyclic esters (lactones) is 1. The second-order valence-electron chi connectivity index (χ2n) is 7.68. The Morgan fingerprint density at radius 3 is 2.37 bits per heavy atom. The summed E-state index contributed by atoms with van der Waals surface area (Å²) in [4.78, 5) is 30.4. The van der Waals surface area contributed by atoms with Crippen molar-refractivity contribution in [3.05, 3.63) is 88.6 Å². The van der Waals surface area contributed by atoms with Crippen LogP contribution in [0.2, 0.25) is 0 Å². The summed E-state index contributed by atoms with van der Waals surface area (Å²) < 4.78 is 5.36. The number of hydrogen-bond acceptors (Lipinski definition) is 4. The fourth-order valence-corrected chi connectivity index (χ4v) is 5.25. The number of amides is 2. The van der Waals surface area contributed by atoms with Gasteiger partial charge in [-0.3, -0.25) is 4.79 Å². The second-order valence-corrected chi connectivity index (χ2v) is 8.66. The van der Waals surface area contributed by atoms with Gasteiger partial charge in [-0.15, -0.1) is 11.3 Å². The molecular formula is C24H22N2O3S. The summed E-state index contributed by atoms with van der Waals surface area (Å²) >= 11 is 1.64. The molecule has 2 fully saturated rings. The van der Waals surface area contributed by atoms with E-state index in [1.165, 1.54) is 0 Å². The fraction of sp³-hybridized carbons (Fsp3) is 0.250. The lowest BCUT2D eigenvalue weighted by Gasteiger charge is -2.48. The summed E-state index contributed by atoms with van der Waals surface area (Å²) in [5, 5.41) is 2.03. The zero-order valence-corrected chi connectivity index (χ0v) is 17.2. The van der Waals surface area contributed by atoms with E-state index >= 15 is 0 Å². The predicted octanol–water partition coefficient (Wildman–Crippen LogP) is 4.52. The van der Waals surface area contributed by atoms with Gasteiger partial charge in [0.05, 0.1) is 18.0 Å². The number of nitrogens with zero attached hydrogens (tertiary/aromatic N) is 2. The number of benzene rings is 2. The average Bonchev–Trinajstić information content (AvgIpc) is 3.42. The third kappa shape index (κ3) is 3.37. The summed E-state index contributed by atoms with van der Waals surface area (Å²) in [5.41, 5.74) is 2.05. The van der Waals surface area contributed by atoms with E-state index in [2.05, 4.69) is 18.2 Å². The molecule has 0 bridgehead atoms. The van der Waals surface area contributed by atoms with E-state index in [0.717, 1.165) is 22.5 Å². The monoisotopic (exact) mass is 418 g/mol. The highest BCUT2D eigenvalue weighted by atomic mass is 32.1. The van der Waals surface area contributed by atoms with E-state index in [9.17, 15) is 9.59 Å². The van der Waals surface area contributed by atoms with Crippen LogP contribution in [0.1, 0.15) is 16.5 Å². The molecule has 2 saturated heterocycles. The maximum Gasteiger partial charge on any atom is 0.410 e. The highest BCUT2D eigenvalue weighted by Crippen LogP contribution is 2.45. The van der Waals surface area contributed by atoms with E-state index in [1.54, 1.807) is 16.2 Å². The first-order valence-corrected chi connectivity index (χ1v) is 11.0. The molecule has 5 rings (SSSR count). The summed E-state index contributed by atoms with van der Waals surface area (Å²) in [7, 11) is 0. The minimum absolute atomic E-state index is 0.0533. The lowest BCUT2D eigenvalue weighted by Crippen LogP contribution is -2.59. The van der Waals surface area contributed by atoms with Crippen LogP contribution in [0.5, 0.6) is 0 Å². The van der Waals surface area contributed by atoms with Crippen molar-refractivity contribution in [3.63, 3.8) is 0 Å². The van der Waals surface area contributed by atoms with Crippen LogP contribution in [0.15, 0.2) is 78.2 Å². The Hall–Kier alpha value is -3.12. The van der Waals surface area contributed by atoms with Crippen LogP contribution < -0.4 is 4.90 Å². The Balaban J connectivity index is 1.38. The van der Waals surface area contributed by atoms with Crippen LogP contribution in [0.4, 0.5) is 10.5 Å². The van der Waals surface area contributed by atoms with Crippen molar-refractivity contribution in [1.82, 2.24) is 4.90 Å². The molecule has 0 saturated carbocycles. The molecule has 0 spiro atoms. The Morgan fingerprint density at radius 2 is 1.67 bits per heavy atom. The zero-order chi connectivity index (χ0) is 20.5. The van der Waals surface area contributed by atoms with Crippen molar-refractivity contribution in [3.8, 4) is 0 Å². The van der Waals surface area contributed by atoms with E-state index in [0.29, 0.717) is 13.2 Å². The van der Waals surface area contributed by atoms with Gasteiger partial charge in [0.15, 0.2) is 0 Å². The number of β-lactam (4-membered cyclic amide) rings is 1. The lowest BCUT2D eigenvalue weighted by atomic mass is 9.84. The number of para-hydroxylation sites is 1. The Bertz CT molecular complexity index is 1020. The molecule has 0 radical (unpaired) electrons. The molecule has 0 N–H and O–H groups in total. The molecule has 3 heterocycles. The fourth-order valence-electron chi connectivity index (χ4n) is 4.37. The highest BCUT2D eigenvalue weighted by molar-refractivity contribution is 7.10. The van der Waals surface area contributed by atoms with Gasteiger partial charge in [-0.05, 0) is 35.6 Å². The zero-order valence-electron chi connectivity index (χ0n) is 16.4. The molecule has 2 amide bonds. The Morgan fingerprint density at radius 1 is 0.933 bits per heavy atom. The first-order valence-electron chi connectivity index (χ1n) is 10.1. The number of carbonyl (C=O) groups excluding carboxylic acids is 2. The van der Waals surface area contributed by atoms with Gasteiger partial charge in [0.25, 0.3) is 0 Å². The van der Waals surface area contributed by atoms with Crippen LogP contribution in [-0.4, -0.2) is 36.1 Å². The van der Waals surface area contributed by atoms with E-state index in [4.69, 9.17) is 4.74 Å². The number of carbonyl (C=O) groups is 2. The molecule has 30 heavy (non-hydrogen) atoms. The molecule has 6 heteroatoms.